The van der Waals surface area contributed by atoms with Crippen molar-refractivity contribution in [2.24, 2.45) is 5.92 Å². The number of piperazine rings is 1. The first-order chi connectivity index (χ1) is 20.0. The maximum atomic E-state index is 13.0. The van der Waals surface area contributed by atoms with Gasteiger partial charge in [-0.1, -0.05) is 26.0 Å². The fourth-order valence-corrected chi connectivity index (χ4v) is 6.78. The molecule has 3 aromatic rings. The van der Waals surface area contributed by atoms with Gasteiger partial charge in [-0.2, -0.15) is 0 Å². The highest BCUT2D eigenvalue weighted by Crippen LogP contribution is 2.35. The number of sulfone groups is 1. The Hall–Kier alpha value is -3.60. The first-order valence-electron chi connectivity index (χ1n) is 14.5. The topological polar surface area (TPSA) is 111 Å². The van der Waals surface area contributed by atoms with Crippen LogP contribution in [0.4, 0.5) is 5.82 Å². The standard InChI is InChI=1S/C31H42N4O6S/c1-22(2)20-42(37,38)16-6-15-40-29-19-27-26(18-28(29)39-5)31(33-21-32-27)35-13-11-34(12-14-35)30(36)17-24-7-9-25(10-8-24)41-23(3)4/h7-10,18-19,21-23H,6,11-17,20H2,1-5H3. The van der Waals surface area contributed by atoms with Crippen LogP contribution in [0.15, 0.2) is 42.7 Å². The fraction of sp³-hybridized carbons (Fsp3) is 0.516. The van der Waals surface area contributed by atoms with E-state index in [9.17, 15) is 13.2 Å². The number of ether oxygens (including phenoxy) is 3. The van der Waals surface area contributed by atoms with Crippen molar-refractivity contribution in [3.05, 3.63) is 48.3 Å². The largest absolute Gasteiger partial charge is 0.493 e. The average Bonchev–Trinajstić information content (AvgIpc) is 2.94. The van der Waals surface area contributed by atoms with Crippen molar-refractivity contribution in [1.82, 2.24) is 14.9 Å². The summed E-state index contributed by atoms with van der Waals surface area (Å²) in [6.45, 7) is 10.5. The summed E-state index contributed by atoms with van der Waals surface area (Å²) in [6.07, 6.45) is 2.37. The van der Waals surface area contributed by atoms with Gasteiger partial charge in [-0.15, -0.1) is 0 Å². The summed E-state index contributed by atoms with van der Waals surface area (Å²) in [6, 6.07) is 11.4. The molecule has 0 bridgehead atoms. The number of benzene rings is 2. The Morgan fingerprint density at radius 2 is 1.69 bits per heavy atom. The minimum atomic E-state index is -3.10. The molecule has 2 aromatic carbocycles. The molecule has 0 atom stereocenters. The molecule has 0 saturated carbocycles. The first-order valence-corrected chi connectivity index (χ1v) is 16.3. The zero-order valence-electron chi connectivity index (χ0n) is 25.2. The smallest absolute Gasteiger partial charge is 0.227 e. The van der Waals surface area contributed by atoms with Gasteiger partial charge in [0, 0.05) is 37.6 Å². The molecule has 0 spiro atoms. The Bertz CT molecular complexity index is 1450. The zero-order valence-corrected chi connectivity index (χ0v) is 26.0. The number of nitrogens with zero attached hydrogens (tertiary/aromatic N) is 4. The van der Waals surface area contributed by atoms with E-state index in [4.69, 9.17) is 14.2 Å². The zero-order chi connectivity index (χ0) is 30.3. The van der Waals surface area contributed by atoms with Crippen LogP contribution in [0.1, 0.15) is 39.7 Å². The number of carbonyl (C=O) groups is 1. The lowest BCUT2D eigenvalue weighted by atomic mass is 10.1. The SMILES string of the molecule is COc1cc2c(N3CCN(C(=O)Cc4ccc(OC(C)C)cc4)CC3)ncnc2cc1OCCCS(=O)(=O)CC(C)C. The van der Waals surface area contributed by atoms with Crippen LogP contribution in [0.3, 0.4) is 0 Å². The number of anilines is 1. The van der Waals surface area contributed by atoms with Crippen LogP contribution < -0.4 is 19.1 Å². The molecule has 1 fully saturated rings. The molecule has 42 heavy (non-hydrogen) atoms. The molecule has 11 heteroatoms. The van der Waals surface area contributed by atoms with Gasteiger partial charge < -0.3 is 24.0 Å². The molecule has 0 aliphatic carbocycles. The summed E-state index contributed by atoms with van der Waals surface area (Å²) in [5.41, 5.74) is 1.66. The molecule has 2 heterocycles. The average molecular weight is 599 g/mol. The predicted molar refractivity (Wildman–Crippen MR) is 164 cm³/mol. The summed E-state index contributed by atoms with van der Waals surface area (Å²) in [5, 5.41) is 0.824. The van der Waals surface area contributed by atoms with E-state index in [2.05, 4.69) is 14.9 Å². The number of hydrogen-bond donors (Lipinski definition) is 0. The lowest BCUT2D eigenvalue weighted by Crippen LogP contribution is -2.49. The Labute approximate surface area is 248 Å². The minimum Gasteiger partial charge on any atom is -0.493 e. The molecule has 1 aromatic heterocycles. The van der Waals surface area contributed by atoms with E-state index in [-0.39, 0.29) is 36.0 Å². The van der Waals surface area contributed by atoms with Gasteiger partial charge in [0.15, 0.2) is 21.3 Å². The van der Waals surface area contributed by atoms with Gasteiger partial charge in [-0.3, -0.25) is 4.79 Å². The van der Waals surface area contributed by atoms with Crippen molar-refractivity contribution < 1.29 is 27.4 Å². The minimum absolute atomic E-state index is 0.0847. The van der Waals surface area contributed by atoms with Gasteiger partial charge >= 0.3 is 0 Å². The second-order valence-electron chi connectivity index (χ2n) is 11.3. The van der Waals surface area contributed by atoms with Crippen molar-refractivity contribution in [1.29, 1.82) is 0 Å². The summed E-state index contributed by atoms with van der Waals surface area (Å²) in [5.74, 6) is 3.07. The molecule has 0 radical (unpaired) electrons. The predicted octanol–water partition coefficient (Wildman–Crippen LogP) is 4.16. The Morgan fingerprint density at radius 1 is 0.976 bits per heavy atom. The van der Waals surface area contributed by atoms with Crippen molar-refractivity contribution in [2.45, 2.75) is 46.6 Å². The first kappa shape index (κ1) is 31.3. The number of carbonyl (C=O) groups excluding carboxylic acids is 1. The summed E-state index contributed by atoms with van der Waals surface area (Å²) in [7, 11) is -1.53. The van der Waals surface area contributed by atoms with Crippen LogP contribution >= 0.6 is 0 Å². The molecular formula is C31H42N4O6S. The van der Waals surface area contributed by atoms with Crippen LogP contribution in [-0.2, 0) is 21.1 Å². The molecule has 1 aliphatic rings. The van der Waals surface area contributed by atoms with Gasteiger partial charge in [0.05, 0.1) is 43.3 Å². The number of hydrogen-bond acceptors (Lipinski definition) is 9. The van der Waals surface area contributed by atoms with Crippen molar-refractivity contribution in [3.63, 3.8) is 0 Å². The number of fused-ring (bicyclic) bond motifs is 1. The van der Waals surface area contributed by atoms with E-state index >= 15 is 0 Å². The van der Waals surface area contributed by atoms with E-state index in [1.54, 1.807) is 13.2 Å². The molecule has 0 N–H and O–H groups in total. The second-order valence-corrected chi connectivity index (χ2v) is 13.5. The van der Waals surface area contributed by atoms with Gasteiger partial charge in [-0.25, -0.2) is 18.4 Å². The van der Waals surface area contributed by atoms with Crippen LogP contribution in [0.5, 0.6) is 17.2 Å². The van der Waals surface area contributed by atoms with Crippen molar-refractivity contribution in [2.75, 3.05) is 56.3 Å². The molecule has 4 rings (SSSR count). The van der Waals surface area contributed by atoms with Crippen molar-refractivity contribution in [3.8, 4) is 17.2 Å². The Balaban J connectivity index is 1.37. The van der Waals surface area contributed by atoms with Gasteiger partial charge in [0.2, 0.25) is 5.91 Å². The summed E-state index contributed by atoms with van der Waals surface area (Å²) >= 11 is 0. The van der Waals surface area contributed by atoms with E-state index in [1.807, 2.05) is 62.9 Å². The molecule has 0 unspecified atom stereocenters. The molecule has 1 saturated heterocycles. The monoisotopic (exact) mass is 598 g/mol. The Morgan fingerprint density at radius 3 is 2.33 bits per heavy atom. The van der Waals surface area contributed by atoms with Gasteiger partial charge in [-0.05, 0) is 49.9 Å². The van der Waals surface area contributed by atoms with Crippen LogP contribution in [0.25, 0.3) is 10.9 Å². The molecule has 228 valence electrons. The normalized spacial score (nSPS) is 14.1. The maximum Gasteiger partial charge on any atom is 0.227 e. The van der Waals surface area contributed by atoms with Crippen LogP contribution in [0, 0.1) is 5.92 Å². The lowest BCUT2D eigenvalue weighted by Gasteiger charge is -2.36. The molecular weight excluding hydrogens is 556 g/mol. The lowest BCUT2D eigenvalue weighted by molar-refractivity contribution is -0.130. The molecule has 10 nitrogen and oxygen atoms in total. The summed E-state index contributed by atoms with van der Waals surface area (Å²) < 4.78 is 41.6. The Kier molecular flexibility index (Phi) is 10.5. The van der Waals surface area contributed by atoms with Gasteiger partial charge in [0.25, 0.3) is 0 Å². The fourth-order valence-electron chi connectivity index (χ4n) is 5.04. The third-order valence-electron chi connectivity index (χ3n) is 6.93. The van der Waals surface area contributed by atoms with E-state index in [1.165, 1.54) is 6.33 Å². The van der Waals surface area contributed by atoms with Crippen molar-refractivity contribution >= 4 is 32.5 Å². The highest BCUT2D eigenvalue weighted by atomic mass is 32.2. The summed E-state index contributed by atoms with van der Waals surface area (Å²) in [4.78, 5) is 26.1. The van der Waals surface area contributed by atoms with E-state index < -0.39 is 9.84 Å². The number of aromatic nitrogens is 2. The third kappa shape index (κ3) is 8.47. The number of methoxy groups -OCH3 is 1. The van der Waals surface area contributed by atoms with Crippen LogP contribution in [0.2, 0.25) is 0 Å². The quantitative estimate of drug-likeness (QED) is 0.268. The number of rotatable bonds is 13. The van der Waals surface area contributed by atoms with E-state index in [0.29, 0.717) is 56.0 Å². The molecule has 1 aliphatic heterocycles. The highest BCUT2D eigenvalue weighted by Gasteiger charge is 2.24. The van der Waals surface area contributed by atoms with Gasteiger partial charge in [0.1, 0.15) is 17.9 Å². The maximum absolute atomic E-state index is 13.0. The van der Waals surface area contributed by atoms with E-state index in [0.717, 1.165) is 22.5 Å². The third-order valence-corrected chi connectivity index (χ3v) is 9.01. The number of amides is 1. The molecule has 1 amide bonds. The highest BCUT2D eigenvalue weighted by molar-refractivity contribution is 7.91. The van der Waals surface area contributed by atoms with Crippen LogP contribution in [-0.4, -0.2) is 86.7 Å². The second kappa shape index (κ2) is 14.0.